The first kappa shape index (κ1) is 25.8. The topological polar surface area (TPSA) is 83.7 Å². The molecule has 0 aromatic carbocycles. The molecule has 1 aliphatic carbocycles. The summed E-state index contributed by atoms with van der Waals surface area (Å²) in [5, 5.41) is 6.39. The van der Waals surface area contributed by atoms with Gasteiger partial charge < -0.3 is 24.4 Å². The van der Waals surface area contributed by atoms with Crippen LogP contribution in [0.2, 0.25) is 0 Å². The summed E-state index contributed by atoms with van der Waals surface area (Å²) in [6.07, 6.45) is 8.56. The van der Waals surface area contributed by atoms with Crippen molar-refractivity contribution in [2.24, 2.45) is 5.92 Å². The van der Waals surface area contributed by atoms with Crippen LogP contribution in [0, 0.1) is 5.92 Å². The Bertz CT molecular complexity index is 889. The van der Waals surface area contributed by atoms with Crippen LogP contribution < -0.4 is 10.2 Å². The highest BCUT2D eigenvalue weighted by Gasteiger charge is 2.25. The first-order chi connectivity index (χ1) is 17.0. The normalized spacial score (nSPS) is 21.9. The van der Waals surface area contributed by atoms with E-state index in [0.717, 1.165) is 76.0 Å². The lowest BCUT2D eigenvalue weighted by Crippen LogP contribution is -2.35. The summed E-state index contributed by atoms with van der Waals surface area (Å²) < 4.78 is 36.3. The second-order valence-electron chi connectivity index (χ2n) is 9.73. The molecule has 3 aliphatic rings. The Hall–Kier alpha value is -2.33. The van der Waals surface area contributed by atoms with Crippen molar-refractivity contribution >= 4 is 11.9 Å². The van der Waals surface area contributed by atoms with Crippen LogP contribution in [-0.4, -0.2) is 72.9 Å². The molecule has 2 saturated heterocycles. The number of alkyl halides is 2. The summed E-state index contributed by atoms with van der Waals surface area (Å²) in [6, 6.07) is 0.189. The molecule has 1 amide bonds. The number of carbonyl (C=O) groups excluding carboxylic acids is 1. The molecule has 1 aromatic rings. The number of nitrogens with one attached hydrogen (secondary N) is 1. The van der Waals surface area contributed by atoms with Crippen molar-refractivity contribution in [2.45, 2.75) is 64.4 Å². The number of hydrogen-bond donors (Lipinski definition) is 1. The third kappa shape index (κ3) is 7.33. The predicted octanol–water partition coefficient (Wildman–Crippen LogP) is 3.88. The minimum atomic E-state index is -2.71. The van der Waals surface area contributed by atoms with E-state index in [2.05, 4.69) is 26.4 Å². The van der Waals surface area contributed by atoms with Gasteiger partial charge in [0.25, 0.3) is 5.91 Å². The number of rotatable bonds is 11. The van der Waals surface area contributed by atoms with Gasteiger partial charge in [0.1, 0.15) is 0 Å². The Labute approximate surface area is 205 Å². The Morgan fingerprint density at radius 1 is 1.26 bits per heavy atom. The Morgan fingerprint density at radius 2 is 2.03 bits per heavy atom. The van der Waals surface area contributed by atoms with E-state index in [0.29, 0.717) is 19.1 Å². The van der Waals surface area contributed by atoms with Crippen LogP contribution in [0.1, 0.15) is 64.1 Å². The molecule has 0 spiro atoms. The Balaban J connectivity index is 1.09. The van der Waals surface area contributed by atoms with E-state index in [1.54, 1.807) is 0 Å². The number of anilines is 1. The highest BCUT2D eigenvalue weighted by atomic mass is 19.3. The van der Waals surface area contributed by atoms with Crippen molar-refractivity contribution in [3.8, 4) is 0 Å². The van der Waals surface area contributed by atoms with Gasteiger partial charge in [-0.2, -0.15) is 4.98 Å². The Morgan fingerprint density at radius 3 is 2.71 bits per heavy atom. The number of likely N-dealkylation sites (tertiary alicyclic amines) is 1. The maximum atomic E-state index is 12.6. The van der Waals surface area contributed by atoms with Gasteiger partial charge >= 0.3 is 12.4 Å². The molecule has 3 heterocycles. The van der Waals surface area contributed by atoms with Gasteiger partial charge in [-0.1, -0.05) is 17.3 Å². The maximum absolute atomic E-state index is 12.6. The lowest BCUT2D eigenvalue weighted by Gasteiger charge is -2.30. The first-order valence-electron chi connectivity index (χ1n) is 12.9. The standard InChI is InChI=1S/C25H37F2N5O3/c1-18-17-20(6-7-21(18)24(33)28-10-15-31-11-2-3-12-31)34-16-4-5-19-8-13-32(14-9-19)25-29-23(22(26)27)30-35-25/h7,17,19-20,22H,2-6,8-16H2,1H3,(H,28,33). The van der Waals surface area contributed by atoms with Crippen LogP contribution in [0.15, 0.2) is 27.8 Å². The third-order valence-corrected chi connectivity index (χ3v) is 7.17. The second-order valence-corrected chi connectivity index (χ2v) is 9.73. The van der Waals surface area contributed by atoms with E-state index < -0.39 is 12.2 Å². The first-order valence-corrected chi connectivity index (χ1v) is 12.9. The molecule has 2 aliphatic heterocycles. The molecule has 0 saturated carbocycles. The third-order valence-electron chi connectivity index (χ3n) is 7.17. The van der Waals surface area contributed by atoms with Crippen LogP contribution >= 0.6 is 0 Å². The molecule has 4 rings (SSSR count). The van der Waals surface area contributed by atoms with E-state index in [1.807, 2.05) is 17.9 Å². The SMILES string of the molecule is CC1=CC(OCCCC2CCN(c3nc(C(F)F)no3)CC2)CC=C1C(=O)NCCN1CCCC1. The predicted molar refractivity (Wildman–Crippen MR) is 128 cm³/mol. The highest BCUT2D eigenvalue weighted by molar-refractivity contribution is 5.97. The zero-order chi connectivity index (χ0) is 24.6. The van der Waals surface area contributed by atoms with Gasteiger partial charge in [-0.25, -0.2) is 8.78 Å². The van der Waals surface area contributed by atoms with E-state index in [9.17, 15) is 13.6 Å². The molecule has 35 heavy (non-hydrogen) atoms. The van der Waals surface area contributed by atoms with Gasteiger partial charge in [-0.15, -0.1) is 0 Å². The smallest absolute Gasteiger partial charge is 0.324 e. The van der Waals surface area contributed by atoms with E-state index in [-0.39, 0.29) is 18.0 Å². The molecule has 10 heteroatoms. The highest BCUT2D eigenvalue weighted by Crippen LogP contribution is 2.27. The number of nitrogens with zero attached hydrogens (tertiary/aromatic N) is 4. The molecule has 0 radical (unpaired) electrons. The summed E-state index contributed by atoms with van der Waals surface area (Å²) >= 11 is 0. The number of aromatic nitrogens is 2. The van der Waals surface area contributed by atoms with Crippen LogP contribution in [0.4, 0.5) is 14.8 Å². The fraction of sp³-hybridized carbons (Fsp3) is 0.720. The molecule has 8 nitrogen and oxygen atoms in total. The quantitative estimate of drug-likeness (QED) is 0.469. The molecule has 2 fully saturated rings. The maximum Gasteiger partial charge on any atom is 0.324 e. The fourth-order valence-electron chi connectivity index (χ4n) is 5.11. The lowest BCUT2D eigenvalue weighted by atomic mass is 9.92. The van der Waals surface area contributed by atoms with Gasteiger partial charge in [0.15, 0.2) is 0 Å². The van der Waals surface area contributed by atoms with Crippen molar-refractivity contribution in [3.05, 3.63) is 29.1 Å². The molecule has 1 aromatic heterocycles. The van der Waals surface area contributed by atoms with E-state index in [4.69, 9.17) is 9.26 Å². The van der Waals surface area contributed by atoms with Gasteiger partial charge in [-0.3, -0.25) is 4.79 Å². The largest absolute Gasteiger partial charge is 0.374 e. The molecule has 1 atom stereocenters. The number of amides is 1. The monoisotopic (exact) mass is 493 g/mol. The van der Waals surface area contributed by atoms with E-state index in [1.165, 1.54) is 12.8 Å². The van der Waals surface area contributed by atoms with Gasteiger partial charge in [0.05, 0.1) is 6.10 Å². The average molecular weight is 494 g/mol. The van der Waals surface area contributed by atoms with Gasteiger partial charge in [-0.05, 0) is 76.5 Å². The number of halogens is 2. The molecule has 1 N–H and O–H groups in total. The van der Waals surface area contributed by atoms with Crippen molar-refractivity contribution in [2.75, 3.05) is 50.8 Å². The van der Waals surface area contributed by atoms with Crippen molar-refractivity contribution in [1.82, 2.24) is 20.4 Å². The minimum absolute atomic E-state index is 0.00805. The molecular weight excluding hydrogens is 456 g/mol. The number of ether oxygens (including phenoxy) is 1. The van der Waals surface area contributed by atoms with Crippen molar-refractivity contribution in [1.29, 1.82) is 0 Å². The van der Waals surface area contributed by atoms with Crippen LogP contribution in [0.25, 0.3) is 0 Å². The Kier molecular flexibility index (Phi) is 9.25. The zero-order valence-electron chi connectivity index (χ0n) is 20.6. The number of hydrogen-bond acceptors (Lipinski definition) is 7. The summed E-state index contributed by atoms with van der Waals surface area (Å²) in [6.45, 7) is 8.00. The van der Waals surface area contributed by atoms with Gasteiger partial charge in [0.2, 0.25) is 5.82 Å². The molecule has 0 bridgehead atoms. The molecule has 1 unspecified atom stereocenters. The lowest BCUT2D eigenvalue weighted by molar-refractivity contribution is -0.117. The summed E-state index contributed by atoms with van der Waals surface area (Å²) in [7, 11) is 0. The van der Waals surface area contributed by atoms with Gasteiger partial charge in [0, 0.05) is 38.4 Å². The van der Waals surface area contributed by atoms with Crippen molar-refractivity contribution < 1.29 is 22.8 Å². The van der Waals surface area contributed by atoms with Crippen LogP contribution in [-0.2, 0) is 9.53 Å². The number of piperidine rings is 1. The minimum Gasteiger partial charge on any atom is -0.374 e. The zero-order valence-corrected chi connectivity index (χ0v) is 20.6. The fourth-order valence-corrected chi connectivity index (χ4v) is 5.11. The van der Waals surface area contributed by atoms with E-state index >= 15 is 0 Å². The summed E-state index contributed by atoms with van der Waals surface area (Å²) in [5.41, 5.74) is 1.74. The van der Waals surface area contributed by atoms with Crippen LogP contribution in [0.3, 0.4) is 0 Å². The van der Waals surface area contributed by atoms with Crippen molar-refractivity contribution in [3.63, 3.8) is 0 Å². The molecule has 194 valence electrons. The summed E-state index contributed by atoms with van der Waals surface area (Å²) in [4.78, 5) is 20.6. The second kappa shape index (κ2) is 12.6. The molecular formula is C25H37F2N5O3. The van der Waals surface area contributed by atoms with Crippen LogP contribution in [0.5, 0.6) is 0 Å². The number of carbonyl (C=O) groups is 1. The summed E-state index contributed by atoms with van der Waals surface area (Å²) in [5.74, 6) is 0.0341. The average Bonchev–Trinajstić information content (AvgIpc) is 3.55.